The molecule has 6 nitrogen and oxygen atoms in total. The van der Waals surface area contributed by atoms with E-state index in [1.165, 1.54) is 12.1 Å². The summed E-state index contributed by atoms with van der Waals surface area (Å²) < 4.78 is 0. The highest BCUT2D eigenvalue weighted by Gasteiger charge is 2.28. The van der Waals surface area contributed by atoms with E-state index in [-0.39, 0.29) is 17.8 Å². The van der Waals surface area contributed by atoms with Crippen LogP contribution in [0.15, 0.2) is 18.2 Å². The highest BCUT2D eigenvalue weighted by molar-refractivity contribution is 5.66. The number of hydrogen-bond donors (Lipinski definition) is 1. The Balaban J connectivity index is 2.46. The Bertz CT molecular complexity index is 538. The maximum absolute atomic E-state index is 11.1. The summed E-state index contributed by atoms with van der Waals surface area (Å²) in [5.41, 5.74) is 1.03. The van der Waals surface area contributed by atoms with Crippen molar-refractivity contribution in [3.8, 4) is 6.07 Å². The summed E-state index contributed by atoms with van der Waals surface area (Å²) in [5.74, 6) is 0. The Morgan fingerprint density at radius 1 is 1.53 bits per heavy atom. The molecule has 0 bridgehead atoms. The minimum absolute atomic E-state index is 0.0555. The van der Waals surface area contributed by atoms with Gasteiger partial charge in [0, 0.05) is 31.2 Å². The zero-order valence-electron chi connectivity index (χ0n) is 11.0. The quantitative estimate of drug-likeness (QED) is 0.646. The molecule has 2 unspecified atom stereocenters. The van der Waals surface area contributed by atoms with Crippen molar-refractivity contribution in [2.75, 3.05) is 18.0 Å². The van der Waals surface area contributed by atoms with Crippen molar-refractivity contribution >= 4 is 11.4 Å². The van der Waals surface area contributed by atoms with E-state index in [0.29, 0.717) is 17.8 Å². The number of benzene rings is 1. The van der Waals surface area contributed by atoms with Crippen molar-refractivity contribution < 1.29 is 4.92 Å². The Labute approximate surface area is 111 Å². The van der Waals surface area contributed by atoms with Gasteiger partial charge in [0.25, 0.3) is 5.69 Å². The number of anilines is 1. The molecule has 1 heterocycles. The number of nitro benzene ring substituents is 1. The summed E-state index contributed by atoms with van der Waals surface area (Å²) in [5, 5.41) is 23.4. The number of nitrogens with zero attached hydrogens (tertiary/aromatic N) is 3. The second kappa shape index (κ2) is 5.24. The first-order valence-corrected chi connectivity index (χ1v) is 6.21. The van der Waals surface area contributed by atoms with Crippen molar-refractivity contribution in [3.05, 3.63) is 33.9 Å². The molecule has 1 aliphatic heterocycles. The summed E-state index contributed by atoms with van der Waals surface area (Å²) in [6.45, 7) is 5.52. The van der Waals surface area contributed by atoms with E-state index < -0.39 is 4.92 Å². The number of rotatable bonds is 2. The molecule has 1 aromatic carbocycles. The van der Waals surface area contributed by atoms with Crippen LogP contribution in [0.1, 0.15) is 19.4 Å². The molecule has 0 radical (unpaired) electrons. The summed E-state index contributed by atoms with van der Waals surface area (Å²) in [4.78, 5) is 12.7. The van der Waals surface area contributed by atoms with Gasteiger partial charge in [-0.2, -0.15) is 5.26 Å². The molecule has 1 saturated heterocycles. The predicted octanol–water partition coefficient (Wildman–Crippen LogP) is 1.65. The summed E-state index contributed by atoms with van der Waals surface area (Å²) in [7, 11) is 0. The monoisotopic (exact) mass is 260 g/mol. The van der Waals surface area contributed by atoms with Gasteiger partial charge in [-0.05, 0) is 26.0 Å². The van der Waals surface area contributed by atoms with E-state index in [2.05, 4.69) is 5.32 Å². The lowest BCUT2D eigenvalue weighted by Crippen LogP contribution is -2.54. The highest BCUT2D eigenvalue weighted by Crippen LogP contribution is 2.31. The zero-order chi connectivity index (χ0) is 14.0. The number of nitro groups is 1. The second-order valence-electron chi connectivity index (χ2n) is 4.88. The van der Waals surface area contributed by atoms with Crippen LogP contribution in [0.25, 0.3) is 0 Å². The molecule has 6 heteroatoms. The maximum Gasteiger partial charge on any atom is 0.292 e. The maximum atomic E-state index is 11.1. The van der Waals surface area contributed by atoms with Crippen LogP contribution in [0.4, 0.5) is 11.4 Å². The Morgan fingerprint density at radius 2 is 2.26 bits per heavy atom. The van der Waals surface area contributed by atoms with Crippen molar-refractivity contribution in [1.29, 1.82) is 5.26 Å². The molecule has 0 aromatic heterocycles. The van der Waals surface area contributed by atoms with E-state index in [0.717, 1.165) is 6.54 Å². The molecule has 2 atom stereocenters. The van der Waals surface area contributed by atoms with Gasteiger partial charge in [0.1, 0.15) is 5.69 Å². The Morgan fingerprint density at radius 3 is 2.89 bits per heavy atom. The van der Waals surface area contributed by atoms with Gasteiger partial charge in [0.05, 0.1) is 16.6 Å². The Hall–Kier alpha value is -2.13. The normalized spacial score (nSPS) is 22.9. The van der Waals surface area contributed by atoms with E-state index >= 15 is 0 Å². The first kappa shape index (κ1) is 13.3. The lowest BCUT2D eigenvalue weighted by Gasteiger charge is -2.38. The third-order valence-electron chi connectivity index (χ3n) is 3.37. The average Bonchev–Trinajstić information content (AvgIpc) is 2.40. The van der Waals surface area contributed by atoms with Crippen LogP contribution >= 0.6 is 0 Å². The number of nitriles is 1. The van der Waals surface area contributed by atoms with Crippen LogP contribution in [0.3, 0.4) is 0 Å². The van der Waals surface area contributed by atoms with Crippen molar-refractivity contribution in [2.45, 2.75) is 25.9 Å². The van der Waals surface area contributed by atoms with Crippen molar-refractivity contribution in [1.82, 2.24) is 5.32 Å². The fourth-order valence-corrected chi connectivity index (χ4v) is 2.33. The van der Waals surface area contributed by atoms with Gasteiger partial charge in [-0.1, -0.05) is 0 Å². The lowest BCUT2D eigenvalue weighted by atomic mass is 10.1. The zero-order valence-corrected chi connectivity index (χ0v) is 11.0. The van der Waals surface area contributed by atoms with E-state index in [1.54, 1.807) is 6.07 Å². The van der Waals surface area contributed by atoms with Crippen LogP contribution in [0.5, 0.6) is 0 Å². The number of nitrogens with one attached hydrogen (secondary N) is 1. The SMILES string of the molecule is CC1CN(c2cc(C#N)ccc2[N+](=O)[O-])C(C)CN1. The molecule has 0 spiro atoms. The fraction of sp³-hybridized carbons (Fsp3) is 0.462. The number of hydrogen-bond acceptors (Lipinski definition) is 5. The van der Waals surface area contributed by atoms with Crippen molar-refractivity contribution in [2.24, 2.45) is 0 Å². The van der Waals surface area contributed by atoms with Crippen LogP contribution < -0.4 is 10.2 Å². The van der Waals surface area contributed by atoms with Gasteiger partial charge in [-0.3, -0.25) is 10.1 Å². The topological polar surface area (TPSA) is 82.2 Å². The van der Waals surface area contributed by atoms with Crippen LogP contribution in [0.2, 0.25) is 0 Å². The van der Waals surface area contributed by atoms with Gasteiger partial charge in [-0.25, -0.2) is 0 Å². The molecule has 1 aromatic rings. The average molecular weight is 260 g/mol. The highest BCUT2D eigenvalue weighted by atomic mass is 16.6. The van der Waals surface area contributed by atoms with Gasteiger partial charge >= 0.3 is 0 Å². The van der Waals surface area contributed by atoms with Gasteiger partial charge in [0.2, 0.25) is 0 Å². The van der Waals surface area contributed by atoms with Gasteiger partial charge in [-0.15, -0.1) is 0 Å². The summed E-state index contributed by atoms with van der Waals surface area (Å²) in [6.07, 6.45) is 0. The van der Waals surface area contributed by atoms with E-state index in [1.807, 2.05) is 24.8 Å². The first-order chi connectivity index (χ1) is 9.02. The predicted molar refractivity (Wildman–Crippen MR) is 72.1 cm³/mol. The molecule has 2 rings (SSSR count). The third-order valence-corrected chi connectivity index (χ3v) is 3.37. The van der Waals surface area contributed by atoms with Crippen LogP contribution in [-0.2, 0) is 0 Å². The number of piperazine rings is 1. The first-order valence-electron chi connectivity index (χ1n) is 6.21. The largest absolute Gasteiger partial charge is 0.360 e. The molecule has 1 fully saturated rings. The lowest BCUT2D eigenvalue weighted by molar-refractivity contribution is -0.384. The fourth-order valence-electron chi connectivity index (χ4n) is 2.33. The molecule has 0 saturated carbocycles. The van der Waals surface area contributed by atoms with Gasteiger partial charge in [0.15, 0.2) is 0 Å². The molecule has 1 N–H and O–H groups in total. The molecule has 0 aliphatic carbocycles. The molecule has 0 amide bonds. The summed E-state index contributed by atoms with van der Waals surface area (Å²) >= 11 is 0. The minimum Gasteiger partial charge on any atom is -0.360 e. The van der Waals surface area contributed by atoms with E-state index in [4.69, 9.17) is 5.26 Å². The van der Waals surface area contributed by atoms with Crippen LogP contribution in [0, 0.1) is 21.4 Å². The summed E-state index contributed by atoms with van der Waals surface area (Å²) in [6, 6.07) is 6.95. The van der Waals surface area contributed by atoms with Gasteiger partial charge < -0.3 is 10.2 Å². The standard InChI is InChI=1S/C13H16N4O2/c1-9-8-16(10(2)7-15-9)13-5-11(6-14)3-4-12(13)17(18)19/h3-5,9-10,15H,7-8H2,1-2H3. The molecule has 19 heavy (non-hydrogen) atoms. The molecular formula is C13H16N4O2. The van der Waals surface area contributed by atoms with Crippen molar-refractivity contribution in [3.63, 3.8) is 0 Å². The minimum atomic E-state index is -0.393. The molecule has 100 valence electrons. The molecule has 1 aliphatic rings. The molecular weight excluding hydrogens is 244 g/mol. The Kier molecular flexibility index (Phi) is 3.67. The third kappa shape index (κ3) is 2.66. The smallest absolute Gasteiger partial charge is 0.292 e. The van der Waals surface area contributed by atoms with Crippen LogP contribution in [-0.4, -0.2) is 30.1 Å². The van der Waals surface area contributed by atoms with E-state index in [9.17, 15) is 10.1 Å². The second-order valence-corrected chi connectivity index (χ2v) is 4.88.